The molecule has 3 rings (SSSR count). The maximum absolute atomic E-state index is 12.3. The molecule has 24 heavy (non-hydrogen) atoms. The van der Waals surface area contributed by atoms with E-state index in [-0.39, 0.29) is 33.8 Å². The Morgan fingerprint density at radius 1 is 1.21 bits per heavy atom. The molecule has 0 saturated heterocycles. The molecule has 1 amide bonds. The maximum Gasteiger partial charge on any atom is 0.340 e. The zero-order chi connectivity index (χ0) is 17.3. The van der Waals surface area contributed by atoms with Crippen LogP contribution < -0.4 is 10.6 Å². The zero-order valence-electron chi connectivity index (χ0n) is 12.6. The largest absolute Gasteiger partial charge is 0.452 e. The van der Waals surface area contributed by atoms with Crippen LogP contribution >= 0.6 is 23.2 Å². The highest BCUT2D eigenvalue weighted by Gasteiger charge is 2.25. The second-order valence-corrected chi connectivity index (χ2v) is 6.19. The molecule has 2 aromatic rings. The molecule has 2 N–H and O–H groups in total. The molecular weight excluding hydrogens is 351 g/mol. The summed E-state index contributed by atoms with van der Waals surface area (Å²) in [5.41, 5.74) is 7.83. The van der Waals surface area contributed by atoms with Crippen molar-refractivity contribution in [1.29, 1.82) is 0 Å². The van der Waals surface area contributed by atoms with Gasteiger partial charge < -0.3 is 15.4 Å². The predicted molar refractivity (Wildman–Crippen MR) is 93.7 cm³/mol. The van der Waals surface area contributed by atoms with Gasteiger partial charge in [0.15, 0.2) is 6.61 Å². The number of fused-ring (bicyclic) bond motifs is 1. The molecule has 5 nitrogen and oxygen atoms in total. The maximum atomic E-state index is 12.3. The Morgan fingerprint density at radius 2 is 1.96 bits per heavy atom. The average molecular weight is 365 g/mol. The highest BCUT2D eigenvalue weighted by Crippen LogP contribution is 2.29. The van der Waals surface area contributed by atoms with Crippen LogP contribution in [0, 0.1) is 0 Å². The minimum Gasteiger partial charge on any atom is -0.452 e. The highest BCUT2D eigenvalue weighted by molar-refractivity contribution is 6.37. The average Bonchev–Trinajstić information content (AvgIpc) is 2.99. The van der Waals surface area contributed by atoms with Crippen molar-refractivity contribution in [3.63, 3.8) is 0 Å². The van der Waals surface area contributed by atoms with Crippen LogP contribution in [-0.4, -0.2) is 25.0 Å². The smallest absolute Gasteiger partial charge is 0.340 e. The summed E-state index contributed by atoms with van der Waals surface area (Å²) in [6, 6.07) is 10.4. The van der Waals surface area contributed by atoms with Crippen LogP contribution in [0.1, 0.15) is 15.9 Å². The van der Waals surface area contributed by atoms with Gasteiger partial charge in [-0.25, -0.2) is 4.79 Å². The first kappa shape index (κ1) is 16.6. The Labute approximate surface area is 148 Å². The molecule has 124 valence electrons. The molecule has 1 heterocycles. The van der Waals surface area contributed by atoms with E-state index in [2.05, 4.69) is 0 Å². The highest BCUT2D eigenvalue weighted by atomic mass is 35.5. The summed E-state index contributed by atoms with van der Waals surface area (Å²) in [4.78, 5) is 26.1. The predicted octanol–water partition coefficient (Wildman–Crippen LogP) is 3.32. The first-order chi connectivity index (χ1) is 11.5. The molecule has 1 aliphatic rings. The van der Waals surface area contributed by atoms with E-state index in [0.29, 0.717) is 6.54 Å². The number of carbonyl (C=O) groups is 2. The third-order valence-corrected chi connectivity index (χ3v) is 4.36. The lowest BCUT2D eigenvalue weighted by Crippen LogP contribution is -2.33. The van der Waals surface area contributed by atoms with Gasteiger partial charge in [0.2, 0.25) is 0 Å². The van der Waals surface area contributed by atoms with Gasteiger partial charge in [-0.15, -0.1) is 0 Å². The van der Waals surface area contributed by atoms with Crippen molar-refractivity contribution in [2.75, 3.05) is 23.8 Å². The summed E-state index contributed by atoms with van der Waals surface area (Å²) in [6.07, 6.45) is 0.784. The molecule has 0 bridgehead atoms. The van der Waals surface area contributed by atoms with Gasteiger partial charge >= 0.3 is 5.97 Å². The van der Waals surface area contributed by atoms with Gasteiger partial charge in [-0.1, -0.05) is 41.4 Å². The van der Waals surface area contributed by atoms with Crippen molar-refractivity contribution in [3.05, 3.63) is 57.6 Å². The van der Waals surface area contributed by atoms with Crippen LogP contribution in [-0.2, 0) is 16.0 Å². The summed E-state index contributed by atoms with van der Waals surface area (Å²) >= 11 is 11.8. The Morgan fingerprint density at radius 3 is 2.75 bits per heavy atom. The molecule has 0 saturated carbocycles. The van der Waals surface area contributed by atoms with Crippen molar-refractivity contribution in [1.82, 2.24) is 0 Å². The number of esters is 1. The van der Waals surface area contributed by atoms with E-state index in [9.17, 15) is 9.59 Å². The molecule has 0 radical (unpaired) electrons. The third kappa shape index (κ3) is 3.18. The second kappa shape index (κ2) is 6.71. The van der Waals surface area contributed by atoms with E-state index in [1.165, 1.54) is 12.1 Å². The monoisotopic (exact) mass is 364 g/mol. The summed E-state index contributed by atoms with van der Waals surface area (Å²) in [7, 11) is 0. The Kier molecular flexibility index (Phi) is 4.64. The van der Waals surface area contributed by atoms with Crippen LogP contribution in [0.5, 0.6) is 0 Å². The fraction of sp³-hybridized carbons (Fsp3) is 0.176. The van der Waals surface area contributed by atoms with Crippen molar-refractivity contribution >= 4 is 46.5 Å². The topological polar surface area (TPSA) is 72.6 Å². The fourth-order valence-corrected chi connectivity index (χ4v) is 3.13. The van der Waals surface area contributed by atoms with Crippen LogP contribution in [0.15, 0.2) is 36.4 Å². The number of halogens is 2. The van der Waals surface area contributed by atoms with Crippen LogP contribution in [0.3, 0.4) is 0 Å². The lowest BCUT2D eigenvalue weighted by Gasteiger charge is -2.17. The zero-order valence-corrected chi connectivity index (χ0v) is 14.1. The number of amides is 1. The molecular formula is C17H14Cl2N2O3. The number of ether oxygens (including phenoxy) is 1. The van der Waals surface area contributed by atoms with Crippen molar-refractivity contribution in [2.45, 2.75) is 6.42 Å². The van der Waals surface area contributed by atoms with E-state index in [4.69, 9.17) is 33.7 Å². The van der Waals surface area contributed by atoms with Gasteiger partial charge in [0.25, 0.3) is 5.91 Å². The van der Waals surface area contributed by atoms with Gasteiger partial charge in [-0.05, 0) is 30.2 Å². The van der Waals surface area contributed by atoms with Gasteiger partial charge in [0, 0.05) is 17.3 Å². The molecule has 0 atom stereocenters. The Balaban J connectivity index is 1.68. The number of anilines is 2. The number of nitrogen functional groups attached to an aromatic ring is 1. The van der Waals surface area contributed by atoms with Gasteiger partial charge in [0.1, 0.15) is 0 Å². The third-order valence-electron chi connectivity index (χ3n) is 3.83. The lowest BCUT2D eigenvalue weighted by atomic mass is 10.2. The van der Waals surface area contributed by atoms with E-state index < -0.39 is 5.97 Å². The number of carbonyl (C=O) groups excluding carboxylic acids is 2. The summed E-state index contributed by atoms with van der Waals surface area (Å²) in [5.74, 6) is -1.03. The van der Waals surface area contributed by atoms with Crippen molar-refractivity contribution in [3.8, 4) is 0 Å². The first-order valence-corrected chi connectivity index (χ1v) is 8.03. The molecule has 2 aromatic carbocycles. The normalized spacial score (nSPS) is 12.8. The Bertz CT molecular complexity index is 823. The number of nitrogens with zero attached hydrogens (tertiary/aromatic N) is 1. The quantitative estimate of drug-likeness (QED) is 0.669. The van der Waals surface area contributed by atoms with E-state index in [1.807, 2.05) is 24.3 Å². The van der Waals surface area contributed by atoms with Crippen LogP contribution in [0.2, 0.25) is 10.0 Å². The molecule has 7 heteroatoms. The van der Waals surface area contributed by atoms with Gasteiger partial charge in [0.05, 0.1) is 16.3 Å². The van der Waals surface area contributed by atoms with Gasteiger partial charge in [-0.2, -0.15) is 0 Å². The van der Waals surface area contributed by atoms with E-state index >= 15 is 0 Å². The van der Waals surface area contributed by atoms with Crippen LogP contribution in [0.4, 0.5) is 11.4 Å². The number of para-hydroxylation sites is 1. The van der Waals surface area contributed by atoms with Crippen LogP contribution in [0.25, 0.3) is 0 Å². The molecule has 0 aromatic heterocycles. The minimum absolute atomic E-state index is 0.0436. The Hall–Kier alpha value is -2.24. The standard InChI is InChI=1S/C17H14Cl2N2O3/c18-11-7-12(16(20)13(19)8-11)17(23)24-9-15(22)21-6-5-10-3-1-2-4-14(10)21/h1-4,7-8H,5-6,9,20H2. The summed E-state index contributed by atoms with van der Waals surface area (Å²) < 4.78 is 5.08. The molecule has 1 aliphatic heterocycles. The summed E-state index contributed by atoms with van der Waals surface area (Å²) in [5, 5.41) is 0.426. The molecule has 0 spiro atoms. The molecule has 0 fully saturated rings. The number of benzene rings is 2. The van der Waals surface area contributed by atoms with E-state index in [1.54, 1.807) is 4.90 Å². The summed E-state index contributed by atoms with van der Waals surface area (Å²) in [6.45, 7) is 0.192. The number of nitrogens with two attached hydrogens (primary N) is 1. The number of rotatable bonds is 3. The van der Waals surface area contributed by atoms with Crippen molar-refractivity contribution in [2.24, 2.45) is 0 Å². The van der Waals surface area contributed by atoms with Gasteiger partial charge in [-0.3, -0.25) is 4.79 Å². The number of hydrogen-bond acceptors (Lipinski definition) is 4. The number of hydrogen-bond donors (Lipinski definition) is 1. The fourth-order valence-electron chi connectivity index (χ4n) is 2.63. The molecule has 0 unspecified atom stereocenters. The first-order valence-electron chi connectivity index (χ1n) is 7.27. The minimum atomic E-state index is -0.738. The second-order valence-electron chi connectivity index (χ2n) is 5.35. The molecule has 0 aliphatic carbocycles. The van der Waals surface area contributed by atoms with Crippen molar-refractivity contribution < 1.29 is 14.3 Å². The van der Waals surface area contributed by atoms with E-state index in [0.717, 1.165) is 17.7 Å². The SMILES string of the molecule is Nc1c(Cl)cc(Cl)cc1C(=O)OCC(=O)N1CCc2ccccc21. The lowest BCUT2D eigenvalue weighted by molar-refractivity contribution is -0.121.